The number of nitrogens with zero attached hydrogens (tertiary/aromatic N) is 3. The van der Waals surface area contributed by atoms with Gasteiger partial charge in [0.25, 0.3) is 0 Å². The van der Waals surface area contributed by atoms with Crippen LogP contribution in [0.15, 0.2) is 18.3 Å². The van der Waals surface area contributed by atoms with Gasteiger partial charge in [-0.3, -0.25) is 0 Å². The van der Waals surface area contributed by atoms with Gasteiger partial charge in [-0.25, -0.2) is 22.5 Å². The molecule has 8 nitrogen and oxygen atoms in total. The summed E-state index contributed by atoms with van der Waals surface area (Å²) in [6.45, 7) is 1.62. The normalized spacial score (nSPS) is 16.9. The number of nitrogens with one attached hydrogen (secondary N) is 1. The Bertz CT molecular complexity index is 635. The third kappa shape index (κ3) is 4.31. The molecule has 1 aliphatic rings. The number of anilines is 1. The average Bonchev–Trinajstić information content (AvgIpc) is 2.73. The van der Waals surface area contributed by atoms with Gasteiger partial charge >= 0.3 is 6.03 Å². The van der Waals surface area contributed by atoms with Gasteiger partial charge in [0.15, 0.2) is 0 Å². The number of aromatic nitrogens is 1. The van der Waals surface area contributed by atoms with Gasteiger partial charge in [-0.15, -0.1) is 0 Å². The van der Waals surface area contributed by atoms with Gasteiger partial charge in [-0.05, 0) is 12.5 Å². The first kappa shape index (κ1) is 16.5. The van der Waals surface area contributed by atoms with E-state index in [0.717, 1.165) is 0 Å². The topological polar surface area (TPSA) is 91.8 Å². The number of amides is 2. The van der Waals surface area contributed by atoms with Crippen molar-refractivity contribution < 1.29 is 17.9 Å². The largest absolute Gasteiger partial charge is 0.481 e. The van der Waals surface area contributed by atoms with E-state index in [9.17, 15) is 13.2 Å². The van der Waals surface area contributed by atoms with Crippen LogP contribution >= 0.6 is 0 Å². The molecule has 9 heteroatoms. The summed E-state index contributed by atoms with van der Waals surface area (Å²) in [7, 11) is -1.71. The van der Waals surface area contributed by atoms with Crippen molar-refractivity contribution >= 4 is 21.7 Å². The van der Waals surface area contributed by atoms with Gasteiger partial charge < -0.3 is 15.0 Å². The Labute approximate surface area is 130 Å². The summed E-state index contributed by atoms with van der Waals surface area (Å²) in [5.74, 6) is 0.414. The number of urea groups is 1. The Kier molecular flexibility index (Phi) is 5.19. The zero-order chi connectivity index (χ0) is 16.2. The van der Waals surface area contributed by atoms with Crippen LogP contribution in [0.1, 0.15) is 6.42 Å². The minimum Gasteiger partial charge on any atom is -0.481 e. The number of hydrogen-bond donors (Lipinski definition) is 1. The Morgan fingerprint density at radius 3 is 2.77 bits per heavy atom. The molecule has 1 fully saturated rings. The van der Waals surface area contributed by atoms with Crippen molar-refractivity contribution in [3.8, 4) is 5.88 Å². The molecule has 0 unspecified atom stereocenters. The number of sulfonamides is 1. The minimum atomic E-state index is -3.22. The van der Waals surface area contributed by atoms with Crippen LogP contribution in [0.5, 0.6) is 5.88 Å². The van der Waals surface area contributed by atoms with Crippen LogP contribution in [-0.4, -0.2) is 68.2 Å². The molecule has 0 radical (unpaired) electrons. The molecule has 0 atom stereocenters. The van der Waals surface area contributed by atoms with Crippen molar-refractivity contribution in [2.24, 2.45) is 0 Å². The van der Waals surface area contributed by atoms with E-state index in [1.165, 1.54) is 17.7 Å². The first-order valence-corrected chi connectivity index (χ1v) is 8.76. The lowest BCUT2D eigenvalue weighted by Gasteiger charge is -2.21. The van der Waals surface area contributed by atoms with Crippen LogP contribution in [0.25, 0.3) is 0 Å². The summed E-state index contributed by atoms with van der Waals surface area (Å²) < 4.78 is 29.5. The number of carbonyl (C=O) groups is 1. The van der Waals surface area contributed by atoms with E-state index in [4.69, 9.17) is 4.74 Å². The van der Waals surface area contributed by atoms with E-state index >= 15 is 0 Å². The van der Waals surface area contributed by atoms with Crippen LogP contribution in [0.3, 0.4) is 0 Å². The number of pyridine rings is 1. The number of carbonyl (C=O) groups excluding carboxylic acids is 1. The van der Waals surface area contributed by atoms with E-state index in [1.807, 2.05) is 0 Å². The predicted molar refractivity (Wildman–Crippen MR) is 82.4 cm³/mol. The van der Waals surface area contributed by atoms with Crippen LogP contribution in [0.4, 0.5) is 10.5 Å². The highest BCUT2D eigenvalue weighted by Gasteiger charge is 2.23. The first-order valence-electron chi connectivity index (χ1n) is 6.91. The van der Waals surface area contributed by atoms with Gasteiger partial charge in [-0.2, -0.15) is 0 Å². The molecule has 0 bridgehead atoms. The summed E-state index contributed by atoms with van der Waals surface area (Å²) in [6.07, 6.45) is 3.34. The lowest BCUT2D eigenvalue weighted by atomic mass is 10.4. The summed E-state index contributed by atoms with van der Waals surface area (Å²) in [5.41, 5.74) is 0.584. The molecular formula is C13H20N4O4S. The second kappa shape index (κ2) is 6.93. The molecule has 22 heavy (non-hydrogen) atoms. The lowest BCUT2D eigenvalue weighted by molar-refractivity contribution is 0.214. The van der Waals surface area contributed by atoms with Crippen molar-refractivity contribution in [3.63, 3.8) is 0 Å². The highest BCUT2D eigenvalue weighted by molar-refractivity contribution is 7.88. The summed E-state index contributed by atoms with van der Waals surface area (Å²) in [6, 6.07) is 3.03. The molecule has 2 heterocycles. The maximum absolute atomic E-state index is 12.3. The smallest absolute Gasteiger partial charge is 0.321 e. The lowest BCUT2D eigenvalue weighted by Crippen LogP contribution is -2.39. The standard InChI is InChI=1S/C13H20N4O4S/c1-21-12-10-11(4-5-14-12)15-13(18)16-6-3-7-17(9-8-16)22(2,19)20/h4-5,10H,3,6-9H2,1-2H3,(H,14,15,18). The SMILES string of the molecule is COc1cc(NC(=O)N2CCCN(S(C)(=O)=O)CC2)ccn1. The molecular weight excluding hydrogens is 308 g/mol. The van der Waals surface area contributed by atoms with Crippen LogP contribution < -0.4 is 10.1 Å². The van der Waals surface area contributed by atoms with E-state index in [1.54, 1.807) is 23.2 Å². The predicted octanol–water partition coefficient (Wildman–Crippen LogP) is 0.589. The molecule has 1 aromatic rings. The van der Waals surface area contributed by atoms with Crippen molar-refractivity contribution in [1.82, 2.24) is 14.2 Å². The van der Waals surface area contributed by atoms with Crippen LogP contribution in [-0.2, 0) is 10.0 Å². The summed E-state index contributed by atoms with van der Waals surface area (Å²) in [5, 5.41) is 2.77. The maximum Gasteiger partial charge on any atom is 0.321 e. The number of ether oxygens (including phenoxy) is 1. The highest BCUT2D eigenvalue weighted by atomic mass is 32.2. The second-order valence-electron chi connectivity index (χ2n) is 5.02. The molecule has 2 amide bonds. The Balaban J connectivity index is 1.98. The zero-order valence-electron chi connectivity index (χ0n) is 12.7. The third-order valence-corrected chi connectivity index (χ3v) is 4.71. The number of methoxy groups -OCH3 is 1. The summed E-state index contributed by atoms with van der Waals surface area (Å²) >= 11 is 0. The molecule has 0 saturated carbocycles. The maximum atomic E-state index is 12.3. The third-order valence-electron chi connectivity index (χ3n) is 3.41. The number of hydrogen-bond acceptors (Lipinski definition) is 5. The van der Waals surface area contributed by atoms with Crippen molar-refractivity contribution in [1.29, 1.82) is 0 Å². The quantitative estimate of drug-likeness (QED) is 0.877. The Morgan fingerprint density at radius 1 is 1.32 bits per heavy atom. The average molecular weight is 328 g/mol. The van der Waals surface area contributed by atoms with E-state index in [2.05, 4.69) is 10.3 Å². The summed E-state index contributed by atoms with van der Waals surface area (Å²) in [4.78, 5) is 17.8. The molecule has 0 spiro atoms. The fourth-order valence-electron chi connectivity index (χ4n) is 2.23. The molecule has 2 rings (SSSR count). The molecule has 0 aliphatic carbocycles. The van der Waals surface area contributed by atoms with Crippen molar-refractivity contribution in [2.45, 2.75) is 6.42 Å². The fourth-order valence-corrected chi connectivity index (χ4v) is 3.10. The second-order valence-corrected chi connectivity index (χ2v) is 7.00. The molecule has 1 saturated heterocycles. The van der Waals surface area contributed by atoms with Gasteiger partial charge in [0.05, 0.1) is 13.4 Å². The van der Waals surface area contributed by atoms with Crippen LogP contribution in [0, 0.1) is 0 Å². The molecule has 1 aromatic heterocycles. The highest BCUT2D eigenvalue weighted by Crippen LogP contribution is 2.15. The van der Waals surface area contributed by atoms with E-state index in [0.29, 0.717) is 44.2 Å². The van der Waals surface area contributed by atoms with Gasteiger partial charge in [-0.1, -0.05) is 0 Å². The molecule has 1 aliphatic heterocycles. The molecule has 122 valence electrons. The monoisotopic (exact) mass is 328 g/mol. The van der Waals surface area contributed by atoms with Gasteiger partial charge in [0, 0.05) is 44.1 Å². The fraction of sp³-hybridized carbons (Fsp3) is 0.538. The van der Waals surface area contributed by atoms with Gasteiger partial charge in [0.2, 0.25) is 15.9 Å². The van der Waals surface area contributed by atoms with E-state index in [-0.39, 0.29) is 6.03 Å². The Hall–Kier alpha value is -1.87. The first-order chi connectivity index (χ1) is 10.4. The van der Waals surface area contributed by atoms with Crippen molar-refractivity contribution in [3.05, 3.63) is 18.3 Å². The van der Waals surface area contributed by atoms with Gasteiger partial charge in [0.1, 0.15) is 0 Å². The van der Waals surface area contributed by atoms with Crippen molar-refractivity contribution in [2.75, 3.05) is 44.9 Å². The Morgan fingerprint density at radius 2 is 2.09 bits per heavy atom. The molecule has 0 aromatic carbocycles. The van der Waals surface area contributed by atoms with Crippen LogP contribution in [0.2, 0.25) is 0 Å². The zero-order valence-corrected chi connectivity index (χ0v) is 13.5. The minimum absolute atomic E-state index is 0.261. The van der Waals surface area contributed by atoms with E-state index < -0.39 is 10.0 Å². The molecule has 1 N–H and O–H groups in total. The number of rotatable bonds is 3.